The summed E-state index contributed by atoms with van der Waals surface area (Å²) in [6.07, 6.45) is 0.471. The molecule has 29 heavy (non-hydrogen) atoms. The van der Waals surface area contributed by atoms with Gasteiger partial charge in [0.25, 0.3) is 0 Å². The van der Waals surface area contributed by atoms with E-state index in [1.807, 2.05) is 18.2 Å². The van der Waals surface area contributed by atoms with E-state index in [0.717, 1.165) is 22.4 Å². The fraction of sp³-hybridized carbons (Fsp3) is 0.364. The molecular formula is C22H22BrFN2O3. The molecule has 4 rings (SSSR count). The van der Waals surface area contributed by atoms with Crippen LogP contribution in [0.2, 0.25) is 0 Å². The highest BCUT2D eigenvalue weighted by atomic mass is 79.9. The highest BCUT2D eigenvalue weighted by Gasteiger charge is 2.39. The van der Waals surface area contributed by atoms with Crippen LogP contribution in [0, 0.1) is 11.2 Å². The lowest BCUT2D eigenvalue weighted by atomic mass is 9.87. The molecule has 3 aromatic rings. The monoisotopic (exact) mass is 460 g/mol. The Hall–Kier alpha value is -2.25. The Balaban J connectivity index is 1.87. The van der Waals surface area contributed by atoms with Crippen molar-refractivity contribution in [3.63, 3.8) is 0 Å². The fourth-order valence-electron chi connectivity index (χ4n) is 3.87. The molecule has 1 unspecified atom stereocenters. The molecule has 0 radical (unpaired) electrons. The third-order valence-corrected chi connectivity index (χ3v) is 6.14. The van der Waals surface area contributed by atoms with E-state index in [2.05, 4.69) is 34.3 Å². The van der Waals surface area contributed by atoms with Crippen molar-refractivity contribution in [1.29, 1.82) is 0 Å². The summed E-state index contributed by atoms with van der Waals surface area (Å²) < 4.78 is 27.3. The van der Waals surface area contributed by atoms with Crippen molar-refractivity contribution in [2.45, 2.75) is 26.3 Å². The van der Waals surface area contributed by atoms with Gasteiger partial charge in [0.2, 0.25) is 0 Å². The van der Waals surface area contributed by atoms with E-state index < -0.39 is 5.97 Å². The molecule has 0 bridgehead atoms. The molecule has 2 aromatic carbocycles. The molecule has 1 atom stereocenters. The number of fused-ring (bicyclic) bond motifs is 1. The van der Waals surface area contributed by atoms with Gasteiger partial charge in [-0.2, -0.15) is 0 Å². The first-order chi connectivity index (χ1) is 13.8. The summed E-state index contributed by atoms with van der Waals surface area (Å²) in [5, 5.41) is 0. The second-order valence-corrected chi connectivity index (χ2v) is 8.89. The molecule has 1 saturated heterocycles. The zero-order valence-electron chi connectivity index (χ0n) is 16.5. The maximum absolute atomic E-state index is 14.0. The van der Waals surface area contributed by atoms with Gasteiger partial charge >= 0.3 is 5.97 Å². The van der Waals surface area contributed by atoms with Crippen molar-refractivity contribution in [1.82, 2.24) is 9.55 Å². The number of benzene rings is 2. The largest absolute Gasteiger partial charge is 0.465 e. The lowest BCUT2D eigenvalue weighted by Gasteiger charge is -2.28. The van der Waals surface area contributed by atoms with Gasteiger partial charge in [-0.15, -0.1) is 0 Å². The second kappa shape index (κ2) is 7.54. The van der Waals surface area contributed by atoms with Crippen LogP contribution in [-0.2, 0) is 15.9 Å². The summed E-state index contributed by atoms with van der Waals surface area (Å²) in [5.74, 6) is 0.119. The van der Waals surface area contributed by atoms with Gasteiger partial charge in [-0.3, -0.25) is 0 Å². The normalized spacial score (nSPS) is 18.3. The maximum atomic E-state index is 14.0. The first-order valence-corrected chi connectivity index (χ1v) is 10.2. The number of methoxy groups -OCH3 is 1. The predicted molar refractivity (Wildman–Crippen MR) is 112 cm³/mol. The Morgan fingerprint density at radius 3 is 2.79 bits per heavy atom. The third kappa shape index (κ3) is 3.69. The molecule has 0 N–H and O–H groups in total. The average Bonchev–Trinajstić information content (AvgIpc) is 3.21. The Morgan fingerprint density at radius 2 is 2.14 bits per heavy atom. The fourth-order valence-corrected chi connectivity index (χ4v) is 4.12. The van der Waals surface area contributed by atoms with Gasteiger partial charge in [-0.1, -0.05) is 19.9 Å². The number of hydrogen-bond acceptors (Lipinski definition) is 4. The van der Waals surface area contributed by atoms with Crippen molar-refractivity contribution in [3.8, 4) is 0 Å². The van der Waals surface area contributed by atoms with Gasteiger partial charge < -0.3 is 14.0 Å². The Bertz CT molecular complexity index is 1090. The van der Waals surface area contributed by atoms with Gasteiger partial charge in [0, 0.05) is 11.8 Å². The van der Waals surface area contributed by atoms with Crippen LogP contribution in [0.5, 0.6) is 0 Å². The van der Waals surface area contributed by atoms with E-state index in [0.29, 0.717) is 29.7 Å². The first-order valence-electron chi connectivity index (χ1n) is 9.41. The van der Waals surface area contributed by atoms with Crippen molar-refractivity contribution in [2.24, 2.45) is 5.41 Å². The van der Waals surface area contributed by atoms with Crippen molar-refractivity contribution >= 4 is 32.9 Å². The molecule has 5 nitrogen and oxygen atoms in total. The van der Waals surface area contributed by atoms with Crippen LogP contribution < -0.4 is 0 Å². The quantitative estimate of drug-likeness (QED) is 0.518. The summed E-state index contributed by atoms with van der Waals surface area (Å²) >= 11 is 3.20. The number of esters is 1. The number of halogens is 2. The zero-order valence-corrected chi connectivity index (χ0v) is 18.1. The van der Waals surface area contributed by atoms with Gasteiger partial charge in [-0.25, -0.2) is 14.2 Å². The van der Waals surface area contributed by atoms with Gasteiger partial charge in [0.05, 0.1) is 47.4 Å². The highest BCUT2D eigenvalue weighted by molar-refractivity contribution is 9.10. The number of aromatic nitrogens is 2. The zero-order chi connectivity index (χ0) is 20.8. The smallest absolute Gasteiger partial charge is 0.337 e. The SMILES string of the molecule is COC(=O)c1ccc2nc(Cc3ccc(Br)c(F)c3)n(C3COCC3(C)C)c2c1. The van der Waals surface area contributed by atoms with Crippen LogP contribution in [-0.4, -0.2) is 35.8 Å². The minimum atomic E-state index is -0.391. The topological polar surface area (TPSA) is 53.3 Å². The lowest BCUT2D eigenvalue weighted by molar-refractivity contribution is 0.0601. The standard InChI is InChI=1S/C22H22BrFN2O3/c1-22(2)12-29-11-19(22)26-18-10-14(21(27)28-3)5-7-17(18)25-20(26)9-13-4-6-15(23)16(24)8-13/h4-8,10,19H,9,11-12H2,1-3H3. The van der Waals surface area contributed by atoms with Gasteiger partial charge in [-0.05, 0) is 51.8 Å². The molecule has 1 fully saturated rings. The number of ether oxygens (including phenoxy) is 2. The molecule has 2 heterocycles. The summed E-state index contributed by atoms with van der Waals surface area (Å²) in [7, 11) is 1.37. The molecule has 7 heteroatoms. The molecule has 0 spiro atoms. The summed E-state index contributed by atoms with van der Waals surface area (Å²) in [5.41, 5.74) is 2.83. The van der Waals surface area contributed by atoms with E-state index in [4.69, 9.17) is 14.5 Å². The molecule has 1 aromatic heterocycles. The number of hydrogen-bond donors (Lipinski definition) is 0. The number of carbonyl (C=O) groups is 1. The molecule has 0 saturated carbocycles. The Labute approximate surface area is 177 Å². The summed E-state index contributed by atoms with van der Waals surface area (Å²) in [6.45, 7) is 5.51. The number of imidazole rings is 1. The van der Waals surface area contributed by atoms with Crippen LogP contribution in [0.3, 0.4) is 0 Å². The number of carbonyl (C=O) groups excluding carboxylic acids is 1. The van der Waals surface area contributed by atoms with E-state index in [1.54, 1.807) is 12.1 Å². The molecule has 152 valence electrons. The molecule has 0 aliphatic carbocycles. The molecule has 1 aliphatic rings. The van der Waals surface area contributed by atoms with Crippen LogP contribution in [0.4, 0.5) is 4.39 Å². The van der Waals surface area contributed by atoms with E-state index >= 15 is 0 Å². The average molecular weight is 461 g/mol. The van der Waals surface area contributed by atoms with Crippen LogP contribution in [0.1, 0.15) is 41.6 Å². The minimum Gasteiger partial charge on any atom is -0.465 e. The van der Waals surface area contributed by atoms with E-state index in [1.165, 1.54) is 13.2 Å². The van der Waals surface area contributed by atoms with Crippen molar-refractivity contribution in [2.75, 3.05) is 20.3 Å². The number of nitrogens with zero attached hydrogens (tertiary/aromatic N) is 2. The summed E-state index contributed by atoms with van der Waals surface area (Å²) in [6, 6.07) is 10.5. The lowest BCUT2D eigenvalue weighted by Crippen LogP contribution is -2.27. The third-order valence-electron chi connectivity index (χ3n) is 5.49. The molecule has 0 amide bonds. The Morgan fingerprint density at radius 1 is 1.34 bits per heavy atom. The number of rotatable bonds is 4. The predicted octanol–water partition coefficient (Wildman–Crippen LogP) is 4.91. The first kappa shape index (κ1) is 20.0. The molecule has 1 aliphatic heterocycles. The van der Waals surface area contributed by atoms with Crippen molar-refractivity contribution < 1.29 is 18.7 Å². The van der Waals surface area contributed by atoms with Crippen LogP contribution >= 0.6 is 15.9 Å². The van der Waals surface area contributed by atoms with Gasteiger partial charge in [0.15, 0.2) is 0 Å². The Kier molecular flexibility index (Phi) is 5.21. The van der Waals surface area contributed by atoms with E-state index in [-0.39, 0.29) is 17.3 Å². The highest BCUT2D eigenvalue weighted by Crippen LogP contribution is 2.40. The van der Waals surface area contributed by atoms with Gasteiger partial charge in [0.1, 0.15) is 11.6 Å². The second-order valence-electron chi connectivity index (χ2n) is 8.04. The maximum Gasteiger partial charge on any atom is 0.337 e. The van der Waals surface area contributed by atoms with Crippen LogP contribution in [0.15, 0.2) is 40.9 Å². The summed E-state index contributed by atoms with van der Waals surface area (Å²) in [4.78, 5) is 16.9. The van der Waals surface area contributed by atoms with Crippen molar-refractivity contribution in [3.05, 3.63) is 63.6 Å². The molecular weight excluding hydrogens is 439 g/mol. The minimum absolute atomic E-state index is 0.0516. The van der Waals surface area contributed by atoms with Crippen LogP contribution in [0.25, 0.3) is 11.0 Å². The van der Waals surface area contributed by atoms with E-state index in [9.17, 15) is 9.18 Å².